The molecule has 0 amide bonds. The Morgan fingerprint density at radius 1 is 1.04 bits per heavy atom. The van der Waals surface area contributed by atoms with Gasteiger partial charge in [0.1, 0.15) is 5.82 Å². The highest BCUT2D eigenvalue weighted by Gasteiger charge is 2.19. The van der Waals surface area contributed by atoms with Gasteiger partial charge in [0.2, 0.25) is 5.82 Å². The van der Waals surface area contributed by atoms with E-state index >= 15 is 0 Å². The number of benzene rings is 1. The topological polar surface area (TPSA) is 55.1 Å². The summed E-state index contributed by atoms with van der Waals surface area (Å²) in [4.78, 5) is 0. The maximum atomic E-state index is 13.0. The Balaban J connectivity index is 1.88. The van der Waals surface area contributed by atoms with Gasteiger partial charge in [-0.25, -0.2) is 8.78 Å². The first-order valence-corrected chi connectivity index (χ1v) is 8.85. The Hall–Kier alpha value is -2.57. The molecule has 3 aromatic rings. The van der Waals surface area contributed by atoms with E-state index in [9.17, 15) is 8.78 Å². The van der Waals surface area contributed by atoms with Crippen LogP contribution in [0.1, 0.15) is 56.6 Å². The minimum Gasteiger partial charge on any atom is -0.362 e. The van der Waals surface area contributed by atoms with Crippen molar-refractivity contribution in [1.82, 2.24) is 19.8 Å². The molecule has 3 rings (SSSR count). The first-order valence-electron chi connectivity index (χ1n) is 8.85. The first-order chi connectivity index (χ1) is 12.5. The predicted octanol–water partition coefficient (Wildman–Crippen LogP) is 4.82. The van der Waals surface area contributed by atoms with E-state index in [2.05, 4.69) is 65.6 Å². The molecule has 2 heterocycles. The predicted molar refractivity (Wildman–Crippen MR) is 97.4 cm³/mol. The molecule has 0 fully saturated rings. The molecule has 5 nitrogen and oxygen atoms in total. The summed E-state index contributed by atoms with van der Waals surface area (Å²) in [5, 5.41) is 14.8. The lowest BCUT2D eigenvalue weighted by molar-refractivity contribution is 0.137. The van der Waals surface area contributed by atoms with Crippen LogP contribution in [0, 0.1) is 5.92 Å². The van der Waals surface area contributed by atoms with Crippen LogP contribution in [-0.4, -0.2) is 19.8 Å². The Morgan fingerprint density at radius 2 is 1.77 bits per heavy atom. The van der Waals surface area contributed by atoms with Crippen molar-refractivity contribution in [3.05, 3.63) is 53.3 Å². The molecule has 0 radical (unpaired) electrons. The third kappa shape index (κ3) is 3.81. The summed E-state index contributed by atoms with van der Waals surface area (Å²) in [5.74, 6) is 0.351. The van der Waals surface area contributed by atoms with E-state index in [-0.39, 0.29) is 6.04 Å². The van der Waals surface area contributed by atoms with Crippen LogP contribution in [0.15, 0.2) is 36.4 Å². The molecule has 1 aromatic carbocycles. The van der Waals surface area contributed by atoms with Gasteiger partial charge in [-0.15, -0.1) is 15.3 Å². The van der Waals surface area contributed by atoms with Gasteiger partial charge in [0.05, 0.1) is 6.04 Å². The van der Waals surface area contributed by atoms with E-state index in [0.29, 0.717) is 17.4 Å². The summed E-state index contributed by atoms with van der Waals surface area (Å²) >= 11 is 0. The quantitative estimate of drug-likeness (QED) is 0.657. The second-order valence-electron chi connectivity index (χ2n) is 6.71. The highest BCUT2D eigenvalue weighted by molar-refractivity contribution is 5.45. The molecule has 0 aliphatic carbocycles. The second kappa shape index (κ2) is 7.76. The minimum atomic E-state index is -2.72. The Morgan fingerprint density at radius 3 is 2.38 bits per heavy atom. The number of fused-ring (bicyclic) bond motifs is 1. The Bertz CT molecular complexity index is 858. The molecule has 0 saturated heterocycles. The maximum absolute atomic E-state index is 13.0. The molecule has 138 valence electrons. The number of halogens is 2. The molecule has 0 spiro atoms. The molecule has 0 bridgehead atoms. The zero-order valence-electron chi connectivity index (χ0n) is 15.2. The van der Waals surface area contributed by atoms with Gasteiger partial charge in [0.25, 0.3) is 6.43 Å². The van der Waals surface area contributed by atoms with Gasteiger partial charge in [-0.05, 0) is 35.6 Å². The average Bonchev–Trinajstić information content (AvgIpc) is 3.04. The van der Waals surface area contributed by atoms with E-state index in [0.717, 1.165) is 22.9 Å². The van der Waals surface area contributed by atoms with Crippen molar-refractivity contribution in [2.45, 2.75) is 46.1 Å². The van der Waals surface area contributed by atoms with Gasteiger partial charge < -0.3 is 5.32 Å². The molecule has 0 aliphatic heterocycles. The summed E-state index contributed by atoms with van der Waals surface area (Å²) in [5.41, 5.74) is 2.75. The summed E-state index contributed by atoms with van der Waals surface area (Å²) in [7, 11) is 0. The molecule has 1 unspecified atom stereocenters. The third-order valence-corrected chi connectivity index (χ3v) is 4.33. The minimum absolute atomic E-state index is 0.0158. The van der Waals surface area contributed by atoms with Gasteiger partial charge in [-0.2, -0.15) is 4.52 Å². The number of nitrogens with one attached hydrogen (secondary N) is 1. The van der Waals surface area contributed by atoms with Gasteiger partial charge in [0.15, 0.2) is 5.65 Å². The van der Waals surface area contributed by atoms with E-state index in [1.165, 1.54) is 5.56 Å². The lowest BCUT2D eigenvalue weighted by Gasteiger charge is -2.23. The standard InChI is InChI=1S/C19H23F2N5/c1-4-5-13-6-8-14(9-7-13)17(12(2)3)22-15-10-11-16-23-24-19(18(20)21)26(16)25-15/h6-12,17-18H,4-5H2,1-3H3,(H,22,25). The van der Waals surface area contributed by atoms with Crippen molar-refractivity contribution in [2.75, 3.05) is 5.32 Å². The summed E-state index contributed by atoms with van der Waals surface area (Å²) in [6.07, 6.45) is -0.553. The van der Waals surface area contributed by atoms with Crippen LogP contribution in [0.3, 0.4) is 0 Å². The summed E-state index contributed by atoms with van der Waals surface area (Å²) < 4.78 is 27.2. The molecule has 7 heteroatoms. The fraction of sp³-hybridized carbons (Fsp3) is 0.421. The lowest BCUT2D eigenvalue weighted by Crippen LogP contribution is -2.18. The monoisotopic (exact) mass is 359 g/mol. The number of anilines is 1. The SMILES string of the molecule is CCCc1ccc(C(Nc2ccc3nnc(C(F)F)n3n2)C(C)C)cc1. The molecular formula is C19H23F2N5. The van der Waals surface area contributed by atoms with E-state index in [1.807, 2.05) is 0 Å². The Labute approximate surface area is 151 Å². The van der Waals surface area contributed by atoms with Crippen molar-refractivity contribution >= 4 is 11.5 Å². The molecule has 0 saturated carbocycles. The van der Waals surface area contributed by atoms with Crippen LogP contribution < -0.4 is 5.32 Å². The summed E-state index contributed by atoms with van der Waals surface area (Å²) in [6.45, 7) is 6.38. The fourth-order valence-corrected chi connectivity index (χ4v) is 2.99. The number of nitrogens with zero attached hydrogens (tertiary/aromatic N) is 4. The zero-order chi connectivity index (χ0) is 18.7. The van der Waals surface area contributed by atoms with Crippen LogP contribution in [0.25, 0.3) is 5.65 Å². The number of rotatable bonds is 7. The highest BCUT2D eigenvalue weighted by atomic mass is 19.3. The van der Waals surface area contributed by atoms with Gasteiger partial charge in [-0.3, -0.25) is 0 Å². The van der Waals surface area contributed by atoms with Crippen LogP contribution in [0.5, 0.6) is 0 Å². The smallest absolute Gasteiger partial charge is 0.299 e. The van der Waals surface area contributed by atoms with Crippen LogP contribution in [0.4, 0.5) is 14.6 Å². The number of aryl methyl sites for hydroxylation is 1. The van der Waals surface area contributed by atoms with Crippen molar-refractivity contribution in [2.24, 2.45) is 5.92 Å². The van der Waals surface area contributed by atoms with Crippen molar-refractivity contribution in [3.8, 4) is 0 Å². The summed E-state index contributed by atoms with van der Waals surface area (Å²) in [6, 6.07) is 11.9. The van der Waals surface area contributed by atoms with Crippen LogP contribution in [-0.2, 0) is 6.42 Å². The maximum Gasteiger partial charge on any atom is 0.299 e. The first kappa shape index (κ1) is 18.2. The van der Waals surface area contributed by atoms with Crippen LogP contribution in [0.2, 0.25) is 0 Å². The van der Waals surface area contributed by atoms with Crippen molar-refractivity contribution in [3.63, 3.8) is 0 Å². The molecule has 1 atom stereocenters. The molecular weight excluding hydrogens is 336 g/mol. The van der Waals surface area contributed by atoms with Crippen molar-refractivity contribution < 1.29 is 8.78 Å². The molecule has 0 aliphatic rings. The third-order valence-electron chi connectivity index (χ3n) is 4.33. The molecule has 2 aromatic heterocycles. The Kier molecular flexibility index (Phi) is 5.44. The zero-order valence-corrected chi connectivity index (χ0v) is 15.2. The van der Waals surface area contributed by atoms with E-state index in [4.69, 9.17) is 0 Å². The molecule has 1 N–H and O–H groups in total. The molecule has 26 heavy (non-hydrogen) atoms. The van der Waals surface area contributed by atoms with Crippen LogP contribution >= 0.6 is 0 Å². The van der Waals surface area contributed by atoms with E-state index < -0.39 is 12.2 Å². The van der Waals surface area contributed by atoms with Gasteiger partial charge >= 0.3 is 0 Å². The van der Waals surface area contributed by atoms with Crippen molar-refractivity contribution in [1.29, 1.82) is 0 Å². The number of hydrogen-bond acceptors (Lipinski definition) is 4. The lowest BCUT2D eigenvalue weighted by atomic mass is 9.94. The number of alkyl halides is 2. The second-order valence-corrected chi connectivity index (χ2v) is 6.71. The fourth-order valence-electron chi connectivity index (χ4n) is 2.99. The van der Waals surface area contributed by atoms with Gasteiger partial charge in [-0.1, -0.05) is 51.5 Å². The number of aromatic nitrogens is 4. The largest absolute Gasteiger partial charge is 0.362 e. The normalized spacial score (nSPS) is 12.9. The number of hydrogen-bond donors (Lipinski definition) is 1. The van der Waals surface area contributed by atoms with Gasteiger partial charge in [0, 0.05) is 0 Å². The highest BCUT2D eigenvalue weighted by Crippen LogP contribution is 2.27. The van der Waals surface area contributed by atoms with E-state index in [1.54, 1.807) is 12.1 Å². The average molecular weight is 359 g/mol.